The first-order chi connectivity index (χ1) is 12.1. The van der Waals surface area contributed by atoms with E-state index in [0.717, 1.165) is 6.42 Å². The van der Waals surface area contributed by atoms with Gasteiger partial charge >= 0.3 is 5.97 Å². The molecule has 26 heavy (non-hydrogen) atoms. The molecule has 0 saturated heterocycles. The molecular weight excluding hydrogens is 335 g/mol. The van der Waals surface area contributed by atoms with Crippen LogP contribution in [0.4, 0.5) is 4.39 Å². The van der Waals surface area contributed by atoms with Crippen molar-refractivity contribution in [3.05, 3.63) is 23.8 Å². The summed E-state index contributed by atoms with van der Waals surface area (Å²) >= 11 is 0. The summed E-state index contributed by atoms with van der Waals surface area (Å²) in [4.78, 5) is 23.7. The Balaban J connectivity index is 1.79. The van der Waals surface area contributed by atoms with E-state index in [1.54, 1.807) is 6.08 Å². The van der Waals surface area contributed by atoms with Gasteiger partial charge in [-0.25, -0.2) is 4.39 Å². The molecule has 0 aromatic heterocycles. The summed E-state index contributed by atoms with van der Waals surface area (Å²) in [5.41, 5.74) is -0.714. The predicted octanol–water partition coefficient (Wildman–Crippen LogP) is 3.16. The van der Waals surface area contributed by atoms with E-state index in [0.29, 0.717) is 12.0 Å². The first kappa shape index (κ1) is 17.9. The zero-order valence-corrected chi connectivity index (χ0v) is 15.5. The molecule has 5 heteroatoms. The number of fused-ring (bicyclic) bond motifs is 5. The van der Waals surface area contributed by atoms with Crippen LogP contribution in [0.15, 0.2) is 23.8 Å². The first-order valence-corrected chi connectivity index (χ1v) is 9.60. The summed E-state index contributed by atoms with van der Waals surface area (Å²) in [7, 11) is 0. The van der Waals surface area contributed by atoms with E-state index < -0.39 is 35.0 Å². The Kier molecular flexibility index (Phi) is 3.79. The topological polar surface area (TPSA) is 74.6 Å². The lowest BCUT2D eigenvalue weighted by molar-refractivity contribution is -0.158. The number of carboxylic acids is 1. The molecule has 2 N–H and O–H groups in total. The van der Waals surface area contributed by atoms with Crippen LogP contribution in [0.5, 0.6) is 0 Å². The van der Waals surface area contributed by atoms with Crippen molar-refractivity contribution in [2.45, 2.75) is 52.3 Å². The lowest BCUT2D eigenvalue weighted by Gasteiger charge is -2.59. The van der Waals surface area contributed by atoms with E-state index in [4.69, 9.17) is 0 Å². The maximum atomic E-state index is 15.1. The predicted molar refractivity (Wildman–Crippen MR) is 94.0 cm³/mol. The van der Waals surface area contributed by atoms with Crippen LogP contribution in [0.3, 0.4) is 0 Å². The zero-order valence-electron chi connectivity index (χ0n) is 15.5. The van der Waals surface area contributed by atoms with Crippen molar-refractivity contribution >= 4 is 11.8 Å². The van der Waals surface area contributed by atoms with E-state index in [2.05, 4.69) is 0 Å². The van der Waals surface area contributed by atoms with E-state index in [-0.39, 0.29) is 35.9 Å². The number of carbonyl (C=O) groups is 2. The highest BCUT2D eigenvalue weighted by Gasteiger charge is 2.65. The fourth-order valence-corrected chi connectivity index (χ4v) is 7.23. The molecule has 4 rings (SSSR count). The van der Waals surface area contributed by atoms with Gasteiger partial charge in [-0.3, -0.25) is 9.59 Å². The molecule has 4 unspecified atom stereocenters. The molecule has 4 aliphatic rings. The highest BCUT2D eigenvalue weighted by Crippen LogP contribution is 2.67. The number of hydrogen-bond acceptors (Lipinski definition) is 3. The van der Waals surface area contributed by atoms with Gasteiger partial charge in [0.15, 0.2) is 5.78 Å². The molecule has 4 nitrogen and oxygen atoms in total. The summed E-state index contributed by atoms with van der Waals surface area (Å²) < 4.78 is 15.1. The number of halogens is 1. The summed E-state index contributed by atoms with van der Waals surface area (Å²) in [6, 6.07) is 0. The average Bonchev–Trinajstić information content (AvgIpc) is 2.79. The van der Waals surface area contributed by atoms with Crippen molar-refractivity contribution < 1.29 is 24.2 Å². The quantitative estimate of drug-likeness (QED) is 0.751. The van der Waals surface area contributed by atoms with Crippen LogP contribution in [0.2, 0.25) is 0 Å². The third-order valence-corrected chi connectivity index (χ3v) is 8.08. The van der Waals surface area contributed by atoms with Gasteiger partial charge in [-0.05, 0) is 60.2 Å². The Morgan fingerprint density at radius 3 is 2.65 bits per heavy atom. The number of carbonyl (C=O) groups excluding carboxylic acids is 1. The van der Waals surface area contributed by atoms with Gasteiger partial charge in [0.25, 0.3) is 0 Å². The van der Waals surface area contributed by atoms with E-state index in [9.17, 15) is 19.8 Å². The minimum absolute atomic E-state index is 0.0136. The fraction of sp³-hybridized carbons (Fsp3) is 0.714. The van der Waals surface area contributed by atoms with Gasteiger partial charge in [0.05, 0.1) is 12.0 Å². The van der Waals surface area contributed by atoms with Crippen LogP contribution in [0.1, 0.15) is 40.0 Å². The Morgan fingerprint density at radius 2 is 2.00 bits per heavy atom. The Morgan fingerprint density at radius 1 is 1.31 bits per heavy atom. The molecule has 0 aromatic carbocycles. The molecule has 3 saturated carbocycles. The molecule has 142 valence electrons. The molecule has 4 aliphatic carbocycles. The second-order valence-corrected chi connectivity index (χ2v) is 9.42. The monoisotopic (exact) mass is 362 g/mol. The van der Waals surface area contributed by atoms with Crippen molar-refractivity contribution in [3.63, 3.8) is 0 Å². The number of allylic oxidation sites excluding steroid dienone is 4. The SMILES string of the molecule is CC1CC2C3C[C@H](F)C4=CC(=O)C=C[C@]4(C)C3[C@@H](O)C[C@]2(C)[C@H]1C(=O)O. The molecule has 3 fully saturated rings. The van der Waals surface area contributed by atoms with Crippen molar-refractivity contribution in [1.82, 2.24) is 0 Å². The second kappa shape index (κ2) is 5.51. The number of aliphatic carboxylic acids is 1. The number of ketones is 1. The van der Waals surface area contributed by atoms with E-state index in [1.165, 1.54) is 12.2 Å². The van der Waals surface area contributed by atoms with Crippen molar-refractivity contribution in [2.24, 2.45) is 40.4 Å². The van der Waals surface area contributed by atoms with Crippen LogP contribution in [-0.4, -0.2) is 34.2 Å². The maximum absolute atomic E-state index is 15.1. The highest BCUT2D eigenvalue weighted by atomic mass is 19.1. The first-order valence-electron chi connectivity index (χ1n) is 9.60. The number of rotatable bonds is 1. The van der Waals surface area contributed by atoms with Crippen LogP contribution in [-0.2, 0) is 9.59 Å². The van der Waals surface area contributed by atoms with Gasteiger partial charge in [-0.2, -0.15) is 0 Å². The van der Waals surface area contributed by atoms with Crippen molar-refractivity contribution in [3.8, 4) is 0 Å². The minimum Gasteiger partial charge on any atom is -0.481 e. The van der Waals surface area contributed by atoms with Gasteiger partial charge in [0.2, 0.25) is 0 Å². The normalized spacial score (nSPS) is 52.7. The highest BCUT2D eigenvalue weighted by molar-refractivity contribution is 6.01. The summed E-state index contributed by atoms with van der Waals surface area (Å²) in [6.07, 6.45) is 4.18. The molecule has 0 aliphatic heterocycles. The van der Waals surface area contributed by atoms with E-state index in [1.807, 2.05) is 20.8 Å². The van der Waals surface area contributed by atoms with Crippen LogP contribution in [0, 0.1) is 40.4 Å². The van der Waals surface area contributed by atoms with E-state index >= 15 is 4.39 Å². The number of carboxylic acid groups (broad SMARTS) is 1. The molecule has 0 radical (unpaired) electrons. The molecule has 0 bridgehead atoms. The maximum Gasteiger partial charge on any atom is 0.307 e. The standard InChI is InChI=1S/C21H27FO4/c1-10-6-13-12-8-15(22)14-7-11(23)4-5-20(14,2)18(12)16(24)9-21(13,3)17(10)19(25)26/h4-5,7,10,12-13,15-18,24H,6,8-9H2,1-3H3,(H,25,26)/t10?,12?,13?,15-,16-,17+,18?,20-,21-/m0/s1. The third-order valence-electron chi connectivity index (χ3n) is 8.08. The number of hydrogen-bond donors (Lipinski definition) is 2. The van der Waals surface area contributed by atoms with Gasteiger partial charge in [0, 0.05) is 11.3 Å². The van der Waals surface area contributed by atoms with Gasteiger partial charge in [-0.1, -0.05) is 26.8 Å². The molecule has 9 atom stereocenters. The molecule has 0 spiro atoms. The third kappa shape index (κ3) is 2.16. The summed E-state index contributed by atoms with van der Waals surface area (Å²) in [6.45, 7) is 5.86. The molecule has 0 amide bonds. The van der Waals surface area contributed by atoms with Crippen molar-refractivity contribution in [1.29, 1.82) is 0 Å². The Bertz CT molecular complexity index is 728. The lowest BCUT2D eigenvalue weighted by Crippen LogP contribution is -2.58. The van der Waals surface area contributed by atoms with Crippen LogP contribution in [0.25, 0.3) is 0 Å². The van der Waals surface area contributed by atoms with Crippen LogP contribution < -0.4 is 0 Å². The second-order valence-electron chi connectivity index (χ2n) is 9.42. The number of aliphatic hydroxyl groups excluding tert-OH is 1. The van der Waals surface area contributed by atoms with Crippen LogP contribution >= 0.6 is 0 Å². The molecule has 0 aromatic rings. The average molecular weight is 362 g/mol. The van der Waals surface area contributed by atoms with Crippen molar-refractivity contribution in [2.75, 3.05) is 0 Å². The van der Waals surface area contributed by atoms with Gasteiger partial charge < -0.3 is 10.2 Å². The lowest BCUT2D eigenvalue weighted by atomic mass is 9.46. The smallest absolute Gasteiger partial charge is 0.307 e. The number of alkyl halides is 1. The zero-order chi connectivity index (χ0) is 19.0. The molecule has 0 heterocycles. The Hall–Kier alpha value is -1.49. The van der Waals surface area contributed by atoms with Gasteiger partial charge in [0.1, 0.15) is 6.17 Å². The molecular formula is C21H27FO4. The number of aliphatic hydroxyl groups is 1. The minimum atomic E-state index is -1.22. The fourth-order valence-electron chi connectivity index (χ4n) is 7.23. The summed E-state index contributed by atoms with van der Waals surface area (Å²) in [5.74, 6) is -1.68. The largest absolute Gasteiger partial charge is 0.481 e. The van der Waals surface area contributed by atoms with Gasteiger partial charge in [-0.15, -0.1) is 0 Å². The summed E-state index contributed by atoms with van der Waals surface area (Å²) in [5, 5.41) is 20.9. The Labute approximate surface area is 153 Å².